The maximum Gasteiger partial charge on any atom is 0.508 e. The van der Waals surface area contributed by atoms with E-state index in [1.807, 2.05) is 55.4 Å². The first-order valence-electron chi connectivity index (χ1n) is 24.0. The molecular weight excluding hydrogens is 926 g/mol. The van der Waals surface area contributed by atoms with Crippen molar-refractivity contribution in [2.75, 3.05) is 59.3 Å². The minimum absolute atomic E-state index is 0.0767. The number of amides is 1. The van der Waals surface area contributed by atoms with Crippen molar-refractivity contribution in [3.05, 3.63) is 35.2 Å². The Balaban J connectivity index is 1.48. The number of fused-ring (bicyclic) bond motifs is 2. The Labute approximate surface area is 411 Å². The van der Waals surface area contributed by atoms with E-state index in [4.69, 9.17) is 58.8 Å². The van der Waals surface area contributed by atoms with Gasteiger partial charge in [-0.15, -0.1) is 5.10 Å². The summed E-state index contributed by atoms with van der Waals surface area (Å²) < 4.78 is 99.8. The smallest absolute Gasteiger partial charge is 0.431 e. The van der Waals surface area contributed by atoms with Crippen LogP contribution in [0.25, 0.3) is 0 Å². The van der Waals surface area contributed by atoms with Gasteiger partial charge in [0.1, 0.15) is 48.4 Å². The molecule has 1 aromatic rings. The highest BCUT2D eigenvalue weighted by atomic mass is 19.4. The fraction of sp³-hybridized carbons (Fsp3) is 0.812. The van der Waals surface area contributed by atoms with Crippen molar-refractivity contribution in [3.8, 4) is 0 Å². The van der Waals surface area contributed by atoms with Gasteiger partial charge in [0, 0.05) is 19.4 Å². The molecule has 3 rings (SSSR count). The first kappa shape index (κ1) is 60.4. The number of carbonyl (C=O) groups excluding carboxylic acids is 3. The van der Waals surface area contributed by atoms with Crippen LogP contribution in [0.3, 0.4) is 0 Å². The summed E-state index contributed by atoms with van der Waals surface area (Å²) in [5, 5.41) is 10.9. The molecule has 402 valence electrons. The standard InChI is InChI=1S/C48H81F3N6O13/c1-42(2,15-21-52)64-26-19-46(9,10)69-40(59)62-31-34(32-63-41(60)70-47(11,12)20-27-65-43(3,4)16-22-53)61-30-33-29-57(56-55-33)24-28-67-45(7,8)18-25-66-44(5,6)17-23-54-39(58)37-35-13-14-36(68-35)38(37)48(49,50)51/h13-14,29,34-36H,15-28,30-32,52-53H2,1-12H3,(H,54,58). The monoisotopic (exact) mass is 1010 g/mol. The minimum Gasteiger partial charge on any atom is -0.431 e. The molecule has 3 heterocycles. The maximum absolute atomic E-state index is 13.6. The van der Waals surface area contributed by atoms with Gasteiger partial charge in [-0.25, -0.2) is 14.3 Å². The lowest BCUT2D eigenvalue weighted by Crippen LogP contribution is -2.37. The highest BCUT2D eigenvalue weighted by Crippen LogP contribution is 2.43. The molecule has 0 aromatic carbocycles. The zero-order valence-corrected chi connectivity index (χ0v) is 43.4. The molecule has 0 spiro atoms. The number of nitrogens with two attached hydrogens (primary N) is 2. The quantitative estimate of drug-likeness (QED) is 0.0486. The van der Waals surface area contributed by atoms with Crippen molar-refractivity contribution >= 4 is 18.2 Å². The number of rotatable bonds is 33. The summed E-state index contributed by atoms with van der Waals surface area (Å²) in [6.07, 6.45) is -2.34. The predicted molar refractivity (Wildman–Crippen MR) is 251 cm³/mol. The highest BCUT2D eigenvalue weighted by molar-refractivity contribution is 5.97. The molecule has 2 bridgehead atoms. The van der Waals surface area contributed by atoms with Crippen molar-refractivity contribution in [1.29, 1.82) is 0 Å². The Morgan fingerprint density at radius 1 is 0.671 bits per heavy atom. The Bertz CT molecular complexity index is 1830. The van der Waals surface area contributed by atoms with Crippen LogP contribution < -0.4 is 16.8 Å². The molecule has 0 saturated heterocycles. The van der Waals surface area contributed by atoms with Crippen LogP contribution in [0.2, 0.25) is 0 Å². The van der Waals surface area contributed by atoms with Crippen LogP contribution in [0.15, 0.2) is 29.5 Å². The van der Waals surface area contributed by atoms with E-state index < -0.39 is 87.5 Å². The number of hydrogen-bond acceptors (Lipinski definition) is 17. The van der Waals surface area contributed by atoms with Gasteiger partial charge >= 0.3 is 18.5 Å². The predicted octanol–water partition coefficient (Wildman–Crippen LogP) is 6.78. The number of carbonyl (C=O) groups is 3. The lowest BCUT2D eigenvalue weighted by atomic mass is 9.95. The van der Waals surface area contributed by atoms with E-state index in [9.17, 15) is 27.6 Å². The Morgan fingerprint density at radius 3 is 1.63 bits per heavy atom. The topological polar surface area (TPSA) is 238 Å². The first-order valence-corrected chi connectivity index (χ1v) is 24.0. The minimum atomic E-state index is -4.67. The van der Waals surface area contributed by atoms with Gasteiger partial charge in [-0.1, -0.05) is 17.4 Å². The van der Waals surface area contributed by atoms with Crippen LogP contribution in [0.5, 0.6) is 0 Å². The van der Waals surface area contributed by atoms with Crippen LogP contribution in [-0.2, 0) is 65.3 Å². The number of nitrogens with one attached hydrogen (secondary N) is 1. The zero-order chi connectivity index (χ0) is 52.6. The molecule has 0 fully saturated rings. The second kappa shape index (κ2) is 26.2. The van der Waals surface area contributed by atoms with Gasteiger partial charge in [0.25, 0.3) is 5.91 Å². The Hall–Kier alpha value is -3.90. The summed E-state index contributed by atoms with van der Waals surface area (Å²) in [4.78, 5) is 38.5. The SMILES string of the molecule is CC(C)(CCN)OCCC(C)(C)OC(=O)OCC(COC(=O)OC(C)(C)CCOC(C)(C)CCN)OCc1cn(CCOC(C)(C)CCOC(C)(C)CCNC(=O)C2=C(C(F)(F)F)C3C=CC2O3)nn1. The van der Waals surface area contributed by atoms with Gasteiger partial charge < -0.3 is 64.2 Å². The lowest BCUT2D eigenvalue weighted by molar-refractivity contribution is -0.119. The Morgan fingerprint density at radius 2 is 1.13 bits per heavy atom. The van der Waals surface area contributed by atoms with Gasteiger partial charge in [-0.2, -0.15) is 13.2 Å². The van der Waals surface area contributed by atoms with Crippen LogP contribution in [0.4, 0.5) is 22.8 Å². The molecule has 5 N–H and O–H groups in total. The highest BCUT2D eigenvalue weighted by Gasteiger charge is 2.51. The van der Waals surface area contributed by atoms with Crippen molar-refractivity contribution in [1.82, 2.24) is 20.3 Å². The third kappa shape index (κ3) is 22.3. The third-order valence-corrected chi connectivity index (χ3v) is 11.6. The molecule has 0 saturated carbocycles. The molecular formula is C48H81F3N6O13. The summed E-state index contributed by atoms with van der Waals surface area (Å²) in [7, 11) is 0. The molecule has 2 atom stereocenters. The molecule has 1 amide bonds. The zero-order valence-electron chi connectivity index (χ0n) is 43.4. The van der Waals surface area contributed by atoms with Crippen molar-refractivity contribution in [2.24, 2.45) is 11.5 Å². The van der Waals surface area contributed by atoms with E-state index in [0.29, 0.717) is 83.7 Å². The summed E-state index contributed by atoms with van der Waals surface area (Å²) in [5.41, 5.74) is 6.47. The fourth-order valence-corrected chi connectivity index (χ4v) is 7.14. The summed E-state index contributed by atoms with van der Waals surface area (Å²) in [6.45, 7) is 24.2. The number of hydrogen-bond donors (Lipinski definition) is 3. The largest absolute Gasteiger partial charge is 0.508 e. The molecule has 19 nitrogen and oxygen atoms in total. The van der Waals surface area contributed by atoms with Crippen molar-refractivity contribution in [3.63, 3.8) is 0 Å². The van der Waals surface area contributed by atoms with E-state index >= 15 is 0 Å². The van der Waals surface area contributed by atoms with Gasteiger partial charge in [-0.3, -0.25) is 4.79 Å². The van der Waals surface area contributed by atoms with Crippen LogP contribution in [-0.4, -0.2) is 151 Å². The number of halogens is 3. The normalized spacial score (nSPS) is 16.9. The van der Waals surface area contributed by atoms with Crippen molar-refractivity contribution in [2.45, 2.75) is 193 Å². The van der Waals surface area contributed by atoms with E-state index in [1.54, 1.807) is 38.6 Å². The first-order chi connectivity index (χ1) is 32.4. The number of aromatic nitrogens is 3. The average Bonchev–Trinajstić information content (AvgIpc) is 3.97. The summed E-state index contributed by atoms with van der Waals surface area (Å²) >= 11 is 0. The molecule has 0 aliphatic carbocycles. The number of ether oxygens (including phenoxy) is 10. The second-order valence-electron chi connectivity index (χ2n) is 21.2. The number of alkyl halides is 3. The molecule has 2 aliphatic rings. The third-order valence-electron chi connectivity index (χ3n) is 11.6. The molecule has 2 unspecified atom stereocenters. The van der Waals surface area contributed by atoms with Crippen LogP contribution in [0.1, 0.15) is 127 Å². The fourth-order valence-electron chi connectivity index (χ4n) is 7.14. The van der Waals surface area contributed by atoms with E-state index in [-0.39, 0.29) is 33.0 Å². The van der Waals surface area contributed by atoms with Crippen LogP contribution in [0, 0.1) is 0 Å². The molecule has 0 radical (unpaired) electrons. The number of nitrogens with zero attached hydrogens (tertiary/aromatic N) is 3. The molecule has 22 heteroatoms. The van der Waals surface area contributed by atoms with Gasteiger partial charge in [0.05, 0.1) is 79.3 Å². The van der Waals surface area contributed by atoms with E-state index in [0.717, 1.165) is 0 Å². The molecule has 2 aliphatic heterocycles. The Kier molecular flexibility index (Phi) is 22.6. The van der Waals surface area contributed by atoms with Gasteiger partial charge in [-0.05, 0) is 122 Å². The van der Waals surface area contributed by atoms with Crippen LogP contribution >= 0.6 is 0 Å². The average molecular weight is 1010 g/mol. The second-order valence-corrected chi connectivity index (χ2v) is 21.2. The molecule has 70 heavy (non-hydrogen) atoms. The van der Waals surface area contributed by atoms with E-state index in [2.05, 4.69) is 15.6 Å². The van der Waals surface area contributed by atoms with Crippen molar-refractivity contribution < 1.29 is 74.9 Å². The summed E-state index contributed by atoms with van der Waals surface area (Å²) in [6, 6.07) is 0. The summed E-state index contributed by atoms with van der Waals surface area (Å²) in [5.74, 6) is -0.804. The maximum atomic E-state index is 13.6. The lowest BCUT2D eigenvalue weighted by Gasteiger charge is -2.30. The van der Waals surface area contributed by atoms with E-state index in [1.165, 1.54) is 12.2 Å². The molecule has 1 aromatic heterocycles. The van der Waals surface area contributed by atoms with Gasteiger partial charge in [0.2, 0.25) is 0 Å². The van der Waals surface area contributed by atoms with Gasteiger partial charge in [0.15, 0.2) is 0 Å².